The summed E-state index contributed by atoms with van der Waals surface area (Å²) in [6, 6.07) is 6.35. The summed E-state index contributed by atoms with van der Waals surface area (Å²) in [6.07, 6.45) is 4.76. The van der Waals surface area contributed by atoms with Crippen LogP contribution in [0.2, 0.25) is 0 Å². The van der Waals surface area contributed by atoms with Crippen LogP contribution in [0, 0.1) is 0 Å². The molecule has 0 spiro atoms. The number of benzene rings is 1. The molecule has 0 radical (unpaired) electrons. The number of oxazole rings is 1. The molecule has 0 N–H and O–H groups in total. The molecule has 0 fully saturated rings. The second kappa shape index (κ2) is 6.87. The predicted octanol–water partition coefficient (Wildman–Crippen LogP) is 4.98. The van der Waals surface area contributed by atoms with Crippen LogP contribution in [0.15, 0.2) is 35.1 Å². The molecule has 1 aliphatic rings. The summed E-state index contributed by atoms with van der Waals surface area (Å²) in [4.78, 5) is 21.3. The van der Waals surface area contributed by atoms with E-state index in [2.05, 4.69) is 40.4 Å². The second-order valence-electron chi connectivity index (χ2n) is 7.25. The molecule has 0 bridgehead atoms. The zero-order valence-corrected chi connectivity index (χ0v) is 17.0. The summed E-state index contributed by atoms with van der Waals surface area (Å²) in [6.45, 7) is 8.45. The van der Waals surface area contributed by atoms with Crippen LogP contribution >= 0.6 is 11.3 Å². The molecule has 0 atom stereocenters. The van der Waals surface area contributed by atoms with Gasteiger partial charge in [0.15, 0.2) is 5.78 Å². The van der Waals surface area contributed by atoms with E-state index in [9.17, 15) is 4.79 Å². The molecule has 5 nitrogen and oxygen atoms in total. The Kier molecular flexibility index (Phi) is 4.33. The topological polar surface area (TPSA) is 51.3 Å². The fraction of sp³-hybridized carbons (Fsp3) is 0.364. The van der Waals surface area contributed by atoms with E-state index in [1.807, 2.05) is 6.07 Å². The Morgan fingerprint density at radius 3 is 2.86 bits per heavy atom. The summed E-state index contributed by atoms with van der Waals surface area (Å²) >= 11 is 1.72. The quantitative estimate of drug-likeness (QED) is 0.463. The highest BCUT2D eigenvalue weighted by molar-refractivity contribution is 7.22. The highest BCUT2D eigenvalue weighted by Crippen LogP contribution is 2.42. The number of thiophene rings is 1. The molecule has 1 aromatic carbocycles. The molecule has 0 saturated heterocycles. The van der Waals surface area contributed by atoms with Gasteiger partial charge in [-0.15, -0.1) is 11.3 Å². The Hall–Kier alpha value is -2.44. The van der Waals surface area contributed by atoms with Gasteiger partial charge in [-0.05, 0) is 43.3 Å². The average Bonchev–Trinajstić information content (AvgIpc) is 3.47. The number of fused-ring (bicyclic) bond motifs is 5. The zero-order chi connectivity index (χ0) is 19.3. The van der Waals surface area contributed by atoms with Gasteiger partial charge in [0.2, 0.25) is 5.89 Å². The Bertz CT molecular complexity index is 1170. The maximum absolute atomic E-state index is 12.3. The van der Waals surface area contributed by atoms with Crippen LogP contribution < -0.4 is 0 Å². The number of aryl methyl sites for hydroxylation is 1. The normalized spacial score (nSPS) is 14.0. The maximum atomic E-state index is 12.3. The lowest BCUT2D eigenvalue weighted by Gasteiger charge is -2.19. The lowest BCUT2D eigenvalue weighted by atomic mass is 10.0. The van der Waals surface area contributed by atoms with Gasteiger partial charge in [-0.25, -0.2) is 4.98 Å². The standard InChI is InChI=1S/C22H23N3O2S/c1-3-24(4-2)10-11-25-17-7-5-14-15(6-8-18(14)26)20(17)16-13-19(28-22(16)25)21-23-9-12-27-21/h5,7,9,12-13H,3-4,6,8,10-11H2,1-2H3. The first kappa shape index (κ1) is 17.6. The Morgan fingerprint density at radius 2 is 2.11 bits per heavy atom. The molecular weight excluding hydrogens is 370 g/mol. The number of carbonyl (C=O) groups is 1. The number of ketones is 1. The van der Waals surface area contributed by atoms with Crippen molar-refractivity contribution in [2.24, 2.45) is 0 Å². The van der Waals surface area contributed by atoms with Crippen LogP contribution in [0.4, 0.5) is 0 Å². The molecular formula is C22H23N3O2S. The largest absolute Gasteiger partial charge is 0.444 e. The molecule has 3 aromatic heterocycles. The monoisotopic (exact) mass is 393 g/mol. The third-order valence-electron chi connectivity index (χ3n) is 5.89. The van der Waals surface area contributed by atoms with E-state index in [-0.39, 0.29) is 5.78 Å². The number of hydrogen-bond donors (Lipinski definition) is 0. The van der Waals surface area contributed by atoms with Gasteiger partial charge in [-0.1, -0.05) is 13.8 Å². The van der Waals surface area contributed by atoms with E-state index in [1.54, 1.807) is 23.8 Å². The lowest BCUT2D eigenvalue weighted by Crippen LogP contribution is -2.26. The highest BCUT2D eigenvalue weighted by Gasteiger charge is 2.26. The first-order valence-corrected chi connectivity index (χ1v) is 10.8. The van der Waals surface area contributed by atoms with Crippen molar-refractivity contribution >= 4 is 38.2 Å². The van der Waals surface area contributed by atoms with Crippen molar-refractivity contribution in [3.8, 4) is 10.8 Å². The first-order chi connectivity index (χ1) is 13.7. The number of likely N-dealkylation sites (N-methyl/N-ethyl adjacent to an activating group) is 1. The summed E-state index contributed by atoms with van der Waals surface area (Å²) in [5, 5.41) is 2.46. The van der Waals surface area contributed by atoms with Gasteiger partial charge in [0, 0.05) is 35.8 Å². The average molecular weight is 394 g/mol. The van der Waals surface area contributed by atoms with Gasteiger partial charge in [0.25, 0.3) is 0 Å². The van der Waals surface area contributed by atoms with Crippen LogP contribution in [0.25, 0.3) is 31.9 Å². The predicted molar refractivity (Wildman–Crippen MR) is 113 cm³/mol. The first-order valence-electron chi connectivity index (χ1n) is 9.94. The number of hydrogen-bond acceptors (Lipinski definition) is 5. The molecule has 0 saturated carbocycles. The lowest BCUT2D eigenvalue weighted by molar-refractivity contribution is 0.0994. The van der Waals surface area contributed by atoms with E-state index in [4.69, 9.17) is 4.42 Å². The van der Waals surface area contributed by atoms with Crippen LogP contribution in [0.3, 0.4) is 0 Å². The molecule has 4 aromatic rings. The molecule has 6 heteroatoms. The van der Waals surface area contributed by atoms with Crippen molar-refractivity contribution in [1.29, 1.82) is 0 Å². The highest BCUT2D eigenvalue weighted by atomic mass is 32.1. The molecule has 0 aliphatic heterocycles. The van der Waals surface area contributed by atoms with Gasteiger partial charge in [0.1, 0.15) is 11.1 Å². The van der Waals surface area contributed by atoms with Gasteiger partial charge in [-0.2, -0.15) is 0 Å². The minimum absolute atomic E-state index is 0.268. The van der Waals surface area contributed by atoms with Crippen molar-refractivity contribution in [2.45, 2.75) is 33.2 Å². The van der Waals surface area contributed by atoms with E-state index in [1.165, 1.54) is 26.7 Å². The SMILES string of the molecule is CCN(CC)CCn1c2ccc3c(c2c2cc(-c4ncco4)sc21)CCC3=O. The van der Waals surface area contributed by atoms with Gasteiger partial charge in [0.05, 0.1) is 16.6 Å². The van der Waals surface area contributed by atoms with Crippen LogP contribution in [-0.4, -0.2) is 39.9 Å². The molecule has 144 valence electrons. The van der Waals surface area contributed by atoms with Crippen molar-refractivity contribution in [3.63, 3.8) is 0 Å². The minimum atomic E-state index is 0.268. The van der Waals surface area contributed by atoms with Crippen molar-refractivity contribution in [2.75, 3.05) is 19.6 Å². The molecule has 1 aliphatic carbocycles. The third-order valence-corrected chi connectivity index (χ3v) is 7.03. The summed E-state index contributed by atoms with van der Waals surface area (Å²) in [5.74, 6) is 0.928. The van der Waals surface area contributed by atoms with Crippen molar-refractivity contribution < 1.29 is 9.21 Å². The van der Waals surface area contributed by atoms with Crippen LogP contribution in [0.5, 0.6) is 0 Å². The summed E-state index contributed by atoms with van der Waals surface area (Å²) in [5.41, 5.74) is 3.35. The molecule has 0 unspecified atom stereocenters. The smallest absolute Gasteiger partial charge is 0.236 e. The molecule has 5 rings (SSSR count). The third kappa shape index (κ3) is 2.63. The molecule has 28 heavy (non-hydrogen) atoms. The fourth-order valence-corrected chi connectivity index (χ4v) is 5.52. The summed E-state index contributed by atoms with van der Waals surface area (Å²) < 4.78 is 7.96. The molecule has 0 amide bonds. The van der Waals surface area contributed by atoms with E-state index >= 15 is 0 Å². The minimum Gasteiger partial charge on any atom is -0.444 e. The number of nitrogens with zero attached hydrogens (tertiary/aromatic N) is 3. The number of Topliss-reactive ketones (excluding diaryl/α,β-unsaturated/α-hetero) is 1. The van der Waals surface area contributed by atoms with Crippen LogP contribution in [-0.2, 0) is 13.0 Å². The Balaban J connectivity index is 1.72. The van der Waals surface area contributed by atoms with Crippen LogP contribution in [0.1, 0.15) is 36.2 Å². The Labute approximate surface area is 167 Å². The zero-order valence-electron chi connectivity index (χ0n) is 16.2. The fourth-order valence-electron chi connectivity index (χ4n) is 4.38. The second-order valence-corrected chi connectivity index (χ2v) is 8.28. The van der Waals surface area contributed by atoms with Gasteiger partial charge >= 0.3 is 0 Å². The number of carbonyl (C=O) groups excluding carboxylic acids is 1. The van der Waals surface area contributed by atoms with E-state index in [0.29, 0.717) is 12.3 Å². The number of aromatic nitrogens is 2. The number of rotatable bonds is 6. The van der Waals surface area contributed by atoms with Gasteiger partial charge < -0.3 is 13.9 Å². The molecule has 3 heterocycles. The Morgan fingerprint density at radius 1 is 1.25 bits per heavy atom. The van der Waals surface area contributed by atoms with Crippen molar-refractivity contribution in [1.82, 2.24) is 14.5 Å². The maximum Gasteiger partial charge on any atom is 0.236 e. The summed E-state index contributed by atoms with van der Waals surface area (Å²) in [7, 11) is 0. The van der Waals surface area contributed by atoms with E-state index < -0.39 is 0 Å². The van der Waals surface area contributed by atoms with E-state index in [0.717, 1.165) is 43.0 Å². The van der Waals surface area contributed by atoms with Gasteiger partial charge in [-0.3, -0.25) is 4.79 Å². The van der Waals surface area contributed by atoms with Crippen molar-refractivity contribution in [3.05, 3.63) is 41.8 Å².